The molecule has 1 aliphatic heterocycles. The molecule has 0 bridgehead atoms. The van der Waals surface area contributed by atoms with Gasteiger partial charge in [-0.25, -0.2) is 0 Å². The quantitative estimate of drug-likeness (QED) is 0.854. The van der Waals surface area contributed by atoms with Crippen LogP contribution in [0.15, 0.2) is 24.3 Å². The van der Waals surface area contributed by atoms with E-state index in [1.807, 2.05) is 36.1 Å². The van der Waals surface area contributed by atoms with Crippen LogP contribution in [0.3, 0.4) is 0 Å². The third-order valence-corrected chi connectivity index (χ3v) is 5.01. The number of fused-ring (bicyclic) bond motifs is 1. The van der Waals surface area contributed by atoms with Crippen molar-refractivity contribution < 1.29 is 9.90 Å². The van der Waals surface area contributed by atoms with E-state index in [1.54, 1.807) is 0 Å². The summed E-state index contributed by atoms with van der Waals surface area (Å²) >= 11 is 0. The molecule has 3 rings (SSSR count). The van der Waals surface area contributed by atoms with Gasteiger partial charge in [0, 0.05) is 24.6 Å². The van der Waals surface area contributed by atoms with Gasteiger partial charge in [0.2, 0.25) is 0 Å². The number of hydrogen-bond donors (Lipinski definition) is 1. The topological polar surface area (TPSA) is 40.5 Å². The molecule has 3 heteroatoms. The first kappa shape index (κ1) is 13.6. The molecule has 1 aromatic carbocycles. The monoisotopic (exact) mass is 273 g/mol. The number of benzene rings is 1. The fraction of sp³-hybridized carbons (Fsp3) is 0.588. The minimum atomic E-state index is -0.512. The summed E-state index contributed by atoms with van der Waals surface area (Å²) < 4.78 is 0. The molecule has 1 aromatic rings. The molecule has 1 saturated heterocycles. The number of aryl methyl sites for hydroxylation is 1. The van der Waals surface area contributed by atoms with Gasteiger partial charge in [-0.05, 0) is 38.3 Å². The first-order valence-electron chi connectivity index (χ1n) is 7.67. The second kappa shape index (κ2) is 5.21. The number of hydrogen-bond acceptors (Lipinski definition) is 2. The fourth-order valence-corrected chi connectivity index (χ4v) is 3.63. The Labute approximate surface area is 120 Å². The molecule has 2 atom stereocenters. The Morgan fingerprint density at radius 3 is 2.75 bits per heavy atom. The highest BCUT2D eigenvalue weighted by Crippen LogP contribution is 2.39. The Bertz CT molecular complexity index is 496. The van der Waals surface area contributed by atoms with Crippen molar-refractivity contribution >= 4 is 5.91 Å². The zero-order valence-corrected chi connectivity index (χ0v) is 12.1. The minimum absolute atomic E-state index is 0.109. The lowest BCUT2D eigenvalue weighted by molar-refractivity contribution is -0.0886. The molecule has 2 aliphatic rings. The molecule has 1 saturated carbocycles. The van der Waals surface area contributed by atoms with E-state index in [0.717, 1.165) is 31.2 Å². The van der Waals surface area contributed by atoms with Crippen molar-refractivity contribution in [2.45, 2.75) is 44.6 Å². The lowest BCUT2D eigenvalue weighted by Gasteiger charge is -2.47. The average molecular weight is 273 g/mol. The van der Waals surface area contributed by atoms with Crippen molar-refractivity contribution in [2.75, 3.05) is 13.1 Å². The second-order valence-electron chi connectivity index (χ2n) is 6.41. The zero-order chi connectivity index (χ0) is 14.2. The summed E-state index contributed by atoms with van der Waals surface area (Å²) in [5.41, 5.74) is 1.42. The van der Waals surface area contributed by atoms with Crippen LogP contribution in [0, 0.1) is 12.8 Å². The van der Waals surface area contributed by atoms with E-state index < -0.39 is 5.60 Å². The summed E-state index contributed by atoms with van der Waals surface area (Å²) in [7, 11) is 0. The van der Waals surface area contributed by atoms with Crippen molar-refractivity contribution in [3.05, 3.63) is 35.4 Å². The third-order valence-electron chi connectivity index (χ3n) is 5.01. The standard InChI is InChI=1S/C17H23NO2/c1-13-5-7-14(8-6-13)16(19)18-11-10-17(20)9-3-2-4-15(17)12-18/h5-8,15,20H,2-4,9-12H2,1H3/t15-,17+/m1/s1. The number of nitrogens with zero attached hydrogens (tertiary/aromatic N) is 1. The molecule has 0 aromatic heterocycles. The number of carbonyl (C=O) groups excluding carboxylic acids is 1. The Hall–Kier alpha value is -1.35. The van der Waals surface area contributed by atoms with Gasteiger partial charge >= 0.3 is 0 Å². The number of amides is 1. The third kappa shape index (κ3) is 2.47. The van der Waals surface area contributed by atoms with E-state index >= 15 is 0 Å². The summed E-state index contributed by atoms with van der Waals surface area (Å²) in [6.45, 7) is 3.42. The first-order valence-corrected chi connectivity index (χ1v) is 7.67. The second-order valence-corrected chi connectivity index (χ2v) is 6.41. The minimum Gasteiger partial charge on any atom is -0.389 e. The maximum atomic E-state index is 12.5. The summed E-state index contributed by atoms with van der Waals surface area (Å²) in [5.74, 6) is 0.372. The lowest BCUT2D eigenvalue weighted by atomic mass is 9.71. The summed E-state index contributed by atoms with van der Waals surface area (Å²) in [6, 6.07) is 7.76. The normalized spacial score (nSPS) is 29.9. The lowest BCUT2D eigenvalue weighted by Crippen LogP contribution is -2.54. The number of likely N-dealkylation sites (tertiary alicyclic amines) is 1. The molecule has 108 valence electrons. The van der Waals surface area contributed by atoms with Crippen LogP contribution in [0.5, 0.6) is 0 Å². The predicted octanol–water partition coefficient (Wildman–Crippen LogP) is 2.76. The van der Waals surface area contributed by atoms with Gasteiger partial charge in [-0.1, -0.05) is 30.5 Å². The van der Waals surface area contributed by atoms with E-state index in [-0.39, 0.29) is 11.8 Å². The molecule has 0 radical (unpaired) electrons. The van der Waals surface area contributed by atoms with Gasteiger partial charge in [-0.15, -0.1) is 0 Å². The van der Waals surface area contributed by atoms with E-state index in [1.165, 1.54) is 12.0 Å². The van der Waals surface area contributed by atoms with E-state index in [2.05, 4.69) is 0 Å². The highest BCUT2D eigenvalue weighted by Gasteiger charge is 2.43. The van der Waals surface area contributed by atoms with Crippen LogP contribution in [-0.2, 0) is 0 Å². The highest BCUT2D eigenvalue weighted by molar-refractivity contribution is 5.94. The van der Waals surface area contributed by atoms with Gasteiger partial charge in [0.25, 0.3) is 5.91 Å². The molecule has 1 aliphatic carbocycles. The summed E-state index contributed by atoms with van der Waals surface area (Å²) in [4.78, 5) is 14.5. The van der Waals surface area contributed by atoms with Crippen molar-refractivity contribution in [1.29, 1.82) is 0 Å². The van der Waals surface area contributed by atoms with E-state index in [4.69, 9.17) is 0 Å². The predicted molar refractivity (Wildman–Crippen MR) is 78.6 cm³/mol. The largest absolute Gasteiger partial charge is 0.389 e. The van der Waals surface area contributed by atoms with Crippen LogP contribution >= 0.6 is 0 Å². The van der Waals surface area contributed by atoms with Crippen molar-refractivity contribution in [3.8, 4) is 0 Å². The molecule has 2 fully saturated rings. The Balaban J connectivity index is 1.72. The van der Waals surface area contributed by atoms with Crippen LogP contribution in [0.4, 0.5) is 0 Å². The zero-order valence-electron chi connectivity index (χ0n) is 12.1. The highest BCUT2D eigenvalue weighted by atomic mass is 16.3. The van der Waals surface area contributed by atoms with Gasteiger partial charge in [0.15, 0.2) is 0 Å². The van der Waals surface area contributed by atoms with E-state index in [9.17, 15) is 9.90 Å². The van der Waals surface area contributed by atoms with Crippen molar-refractivity contribution in [2.24, 2.45) is 5.92 Å². The number of rotatable bonds is 1. The summed E-state index contributed by atoms with van der Waals surface area (Å²) in [6.07, 6.45) is 4.99. The SMILES string of the molecule is Cc1ccc(C(=O)N2CC[C@@]3(O)CCCC[C@@H]3C2)cc1. The van der Waals surface area contributed by atoms with Crippen LogP contribution < -0.4 is 0 Å². The van der Waals surface area contributed by atoms with Crippen molar-refractivity contribution in [1.82, 2.24) is 4.90 Å². The van der Waals surface area contributed by atoms with Crippen LogP contribution in [0.1, 0.15) is 48.0 Å². The van der Waals surface area contributed by atoms with Gasteiger partial charge < -0.3 is 10.0 Å². The molecule has 0 spiro atoms. The Morgan fingerprint density at radius 1 is 1.25 bits per heavy atom. The van der Waals surface area contributed by atoms with E-state index in [0.29, 0.717) is 13.1 Å². The molecule has 3 nitrogen and oxygen atoms in total. The summed E-state index contributed by atoms with van der Waals surface area (Å²) in [5, 5.41) is 10.7. The van der Waals surface area contributed by atoms with Crippen LogP contribution in [-0.4, -0.2) is 34.6 Å². The maximum Gasteiger partial charge on any atom is 0.253 e. The molecule has 1 amide bonds. The first-order chi connectivity index (χ1) is 9.58. The van der Waals surface area contributed by atoms with Gasteiger partial charge in [0.05, 0.1) is 5.60 Å². The van der Waals surface area contributed by atoms with Gasteiger partial charge in [0.1, 0.15) is 0 Å². The molecule has 20 heavy (non-hydrogen) atoms. The van der Waals surface area contributed by atoms with Crippen molar-refractivity contribution in [3.63, 3.8) is 0 Å². The molecule has 1 heterocycles. The fourth-order valence-electron chi connectivity index (χ4n) is 3.63. The molecular weight excluding hydrogens is 250 g/mol. The van der Waals surface area contributed by atoms with Gasteiger partial charge in [-0.2, -0.15) is 0 Å². The number of aliphatic hydroxyl groups is 1. The Kier molecular flexibility index (Phi) is 3.55. The molecule has 1 N–H and O–H groups in total. The Morgan fingerprint density at radius 2 is 2.00 bits per heavy atom. The maximum absolute atomic E-state index is 12.5. The number of piperidine rings is 1. The smallest absolute Gasteiger partial charge is 0.253 e. The average Bonchev–Trinajstić information content (AvgIpc) is 2.46. The number of carbonyl (C=O) groups is 1. The molecule has 0 unspecified atom stereocenters. The van der Waals surface area contributed by atoms with Gasteiger partial charge in [-0.3, -0.25) is 4.79 Å². The van der Waals surface area contributed by atoms with Crippen LogP contribution in [0.2, 0.25) is 0 Å². The molecular formula is C17H23NO2. The van der Waals surface area contributed by atoms with Crippen LogP contribution in [0.25, 0.3) is 0 Å².